The fourth-order valence-electron chi connectivity index (χ4n) is 1.79. The number of nitrogens with one attached hydrogen (secondary N) is 1. The molecule has 0 radical (unpaired) electrons. The molecule has 122 valence electrons. The Bertz CT molecular complexity index is 539. The molecule has 22 heavy (non-hydrogen) atoms. The van der Waals surface area contributed by atoms with Gasteiger partial charge < -0.3 is 25.6 Å². The van der Waals surface area contributed by atoms with Crippen molar-refractivity contribution in [2.45, 2.75) is 38.5 Å². The van der Waals surface area contributed by atoms with E-state index in [1.54, 1.807) is 45.0 Å². The van der Waals surface area contributed by atoms with Crippen molar-refractivity contribution in [1.29, 1.82) is 0 Å². The Hall–Kier alpha value is -2.28. The largest absolute Gasteiger partial charge is 0.467 e. The van der Waals surface area contributed by atoms with Gasteiger partial charge in [-0.2, -0.15) is 0 Å². The number of esters is 1. The number of benzene rings is 1. The number of ether oxygens (including phenoxy) is 2. The van der Waals surface area contributed by atoms with Crippen molar-refractivity contribution in [2.24, 2.45) is 0 Å². The summed E-state index contributed by atoms with van der Waals surface area (Å²) in [7, 11) is 1.16. The molecule has 0 unspecified atom stereocenters. The molecule has 1 aromatic rings. The molecule has 0 aromatic heterocycles. The molecule has 1 aromatic carbocycles. The molecule has 0 saturated heterocycles. The minimum absolute atomic E-state index is 0.301. The Morgan fingerprint density at radius 2 is 1.86 bits per heavy atom. The summed E-state index contributed by atoms with van der Waals surface area (Å²) in [6.45, 7) is 5.06. The second kappa shape index (κ2) is 7.13. The summed E-state index contributed by atoms with van der Waals surface area (Å²) in [6.07, 6.45) is -2.20. The van der Waals surface area contributed by atoms with Crippen LogP contribution in [0.25, 0.3) is 0 Å². The summed E-state index contributed by atoms with van der Waals surface area (Å²) < 4.78 is 9.69. The highest BCUT2D eigenvalue weighted by atomic mass is 16.6. The minimum Gasteiger partial charge on any atom is -0.467 e. The number of amides is 1. The van der Waals surface area contributed by atoms with Gasteiger partial charge in [0.05, 0.1) is 7.11 Å². The SMILES string of the molecule is COC(=O)[C@H](NC(=O)OC(C)(C)C)[C@H](O)c1ccccc1N. The summed E-state index contributed by atoms with van der Waals surface area (Å²) in [4.78, 5) is 23.7. The van der Waals surface area contributed by atoms with Crippen LogP contribution >= 0.6 is 0 Å². The van der Waals surface area contributed by atoms with E-state index in [1.165, 1.54) is 0 Å². The summed E-state index contributed by atoms with van der Waals surface area (Å²) in [5.74, 6) is -0.804. The van der Waals surface area contributed by atoms with E-state index < -0.39 is 29.8 Å². The van der Waals surface area contributed by atoms with Crippen LogP contribution in [0, 0.1) is 0 Å². The normalized spacial score (nSPS) is 13.9. The van der Waals surface area contributed by atoms with Gasteiger partial charge in [-0.15, -0.1) is 0 Å². The number of alkyl carbamates (subject to hydrolysis) is 1. The monoisotopic (exact) mass is 310 g/mol. The number of carbonyl (C=O) groups excluding carboxylic acids is 2. The van der Waals surface area contributed by atoms with Crippen molar-refractivity contribution in [1.82, 2.24) is 5.32 Å². The molecule has 1 rings (SSSR count). The first-order chi connectivity index (χ1) is 10.2. The van der Waals surface area contributed by atoms with Gasteiger partial charge in [-0.25, -0.2) is 9.59 Å². The Kier molecular flexibility index (Phi) is 5.76. The number of hydrogen-bond donors (Lipinski definition) is 3. The van der Waals surface area contributed by atoms with Crippen LogP contribution in [0.1, 0.15) is 32.4 Å². The van der Waals surface area contributed by atoms with Crippen LogP contribution in [0.2, 0.25) is 0 Å². The molecule has 0 bridgehead atoms. The standard InChI is InChI=1S/C15H22N2O5/c1-15(2,3)22-14(20)17-11(13(19)21-4)12(18)9-7-5-6-8-10(9)16/h5-8,11-12,18H,16H2,1-4H3,(H,17,20)/t11-,12-/m1/s1. The van der Waals surface area contributed by atoms with Crippen molar-refractivity contribution < 1.29 is 24.2 Å². The molecule has 0 aliphatic rings. The predicted octanol–water partition coefficient (Wildman–Crippen LogP) is 1.37. The Morgan fingerprint density at radius 1 is 1.27 bits per heavy atom. The van der Waals surface area contributed by atoms with Gasteiger partial charge in [-0.1, -0.05) is 18.2 Å². The second-order valence-corrected chi connectivity index (χ2v) is 5.72. The average Bonchev–Trinajstić information content (AvgIpc) is 2.42. The van der Waals surface area contributed by atoms with Gasteiger partial charge in [0.1, 0.15) is 11.7 Å². The van der Waals surface area contributed by atoms with Crippen molar-refractivity contribution >= 4 is 17.7 Å². The molecule has 0 aliphatic heterocycles. The average molecular weight is 310 g/mol. The highest BCUT2D eigenvalue weighted by Gasteiger charge is 2.33. The smallest absolute Gasteiger partial charge is 0.408 e. The number of methoxy groups -OCH3 is 1. The number of hydrogen-bond acceptors (Lipinski definition) is 6. The Morgan fingerprint density at radius 3 is 2.36 bits per heavy atom. The van der Waals surface area contributed by atoms with Crippen LogP contribution in [0.3, 0.4) is 0 Å². The van der Waals surface area contributed by atoms with E-state index in [4.69, 9.17) is 10.5 Å². The topological polar surface area (TPSA) is 111 Å². The van der Waals surface area contributed by atoms with Gasteiger partial charge in [0.15, 0.2) is 6.04 Å². The number of para-hydroxylation sites is 1. The number of nitrogen functional groups attached to an aromatic ring is 1. The van der Waals surface area contributed by atoms with E-state index in [0.29, 0.717) is 11.3 Å². The Labute approximate surface area is 129 Å². The van der Waals surface area contributed by atoms with Gasteiger partial charge in [-0.05, 0) is 26.8 Å². The second-order valence-electron chi connectivity index (χ2n) is 5.72. The number of aliphatic hydroxyl groups is 1. The molecule has 0 aliphatic carbocycles. The van der Waals surface area contributed by atoms with Crippen LogP contribution < -0.4 is 11.1 Å². The highest BCUT2D eigenvalue weighted by molar-refractivity contribution is 5.82. The van der Waals surface area contributed by atoms with Gasteiger partial charge >= 0.3 is 12.1 Å². The number of anilines is 1. The molecule has 1 amide bonds. The molecule has 0 spiro atoms. The van der Waals surface area contributed by atoms with E-state index >= 15 is 0 Å². The molecule has 7 heteroatoms. The number of rotatable bonds is 4. The van der Waals surface area contributed by atoms with Gasteiger partial charge in [0, 0.05) is 11.3 Å². The molecule has 7 nitrogen and oxygen atoms in total. The fourth-order valence-corrected chi connectivity index (χ4v) is 1.79. The van der Waals surface area contributed by atoms with Crippen molar-refractivity contribution in [3.63, 3.8) is 0 Å². The maximum absolute atomic E-state index is 11.8. The van der Waals surface area contributed by atoms with Gasteiger partial charge in [0.2, 0.25) is 0 Å². The maximum atomic E-state index is 11.8. The van der Waals surface area contributed by atoms with E-state index in [1.807, 2.05) is 0 Å². The Balaban J connectivity index is 2.96. The molecule has 0 saturated carbocycles. The van der Waals surface area contributed by atoms with E-state index in [-0.39, 0.29) is 0 Å². The van der Waals surface area contributed by atoms with Crippen LogP contribution in [-0.4, -0.2) is 35.9 Å². The molecule has 0 fully saturated rings. The lowest BCUT2D eigenvalue weighted by Gasteiger charge is -2.25. The van der Waals surface area contributed by atoms with E-state index in [9.17, 15) is 14.7 Å². The predicted molar refractivity (Wildman–Crippen MR) is 81.0 cm³/mol. The van der Waals surface area contributed by atoms with E-state index in [2.05, 4.69) is 10.1 Å². The van der Waals surface area contributed by atoms with Crippen molar-refractivity contribution in [2.75, 3.05) is 12.8 Å². The number of nitrogens with two attached hydrogens (primary N) is 1. The molecule has 4 N–H and O–H groups in total. The fraction of sp³-hybridized carbons (Fsp3) is 0.467. The summed E-state index contributed by atoms with van der Waals surface area (Å²) >= 11 is 0. The molecular weight excluding hydrogens is 288 g/mol. The zero-order valence-corrected chi connectivity index (χ0v) is 13.1. The van der Waals surface area contributed by atoms with Crippen LogP contribution in [0.15, 0.2) is 24.3 Å². The number of aliphatic hydroxyl groups excluding tert-OH is 1. The maximum Gasteiger partial charge on any atom is 0.408 e. The van der Waals surface area contributed by atoms with Crippen LogP contribution in [0.5, 0.6) is 0 Å². The summed E-state index contributed by atoms with van der Waals surface area (Å²) in [5, 5.41) is 12.7. The number of carbonyl (C=O) groups is 2. The lowest BCUT2D eigenvalue weighted by molar-refractivity contribution is -0.146. The van der Waals surface area contributed by atoms with Gasteiger partial charge in [-0.3, -0.25) is 0 Å². The first kappa shape index (κ1) is 17.8. The molecular formula is C15H22N2O5. The first-order valence-corrected chi connectivity index (χ1v) is 6.75. The third-order valence-electron chi connectivity index (χ3n) is 2.76. The lowest BCUT2D eigenvalue weighted by Crippen LogP contribution is -2.47. The van der Waals surface area contributed by atoms with Crippen molar-refractivity contribution in [3.05, 3.63) is 29.8 Å². The third kappa shape index (κ3) is 4.92. The lowest BCUT2D eigenvalue weighted by atomic mass is 10.0. The third-order valence-corrected chi connectivity index (χ3v) is 2.76. The summed E-state index contributed by atoms with van der Waals surface area (Å²) in [6, 6.07) is 5.17. The summed E-state index contributed by atoms with van der Waals surface area (Å²) in [5.41, 5.74) is 5.66. The van der Waals surface area contributed by atoms with Crippen LogP contribution in [-0.2, 0) is 14.3 Å². The zero-order chi connectivity index (χ0) is 16.9. The quantitative estimate of drug-likeness (QED) is 0.572. The van der Waals surface area contributed by atoms with Crippen LogP contribution in [0.4, 0.5) is 10.5 Å². The molecule has 0 heterocycles. The molecule has 2 atom stereocenters. The highest BCUT2D eigenvalue weighted by Crippen LogP contribution is 2.23. The minimum atomic E-state index is -1.36. The van der Waals surface area contributed by atoms with Crippen molar-refractivity contribution in [3.8, 4) is 0 Å². The van der Waals surface area contributed by atoms with E-state index in [0.717, 1.165) is 7.11 Å². The first-order valence-electron chi connectivity index (χ1n) is 6.75. The zero-order valence-electron chi connectivity index (χ0n) is 13.1. The van der Waals surface area contributed by atoms with Gasteiger partial charge in [0.25, 0.3) is 0 Å².